The van der Waals surface area contributed by atoms with Crippen LogP contribution in [0.5, 0.6) is 11.5 Å². The van der Waals surface area contributed by atoms with E-state index < -0.39 is 0 Å². The van der Waals surface area contributed by atoms with Gasteiger partial charge in [0.25, 0.3) is 0 Å². The van der Waals surface area contributed by atoms with Gasteiger partial charge in [0.1, 0.15) is 5.71 Å². The van der Waals surface area contributed by atoms with E-state index in [0.717, 1.165) is 22.4 Å². The molecule has 3 rings (SSSR count). The highest BCUT2D eigenvalue weighted by Crippen LogP contribution is 2.34. The van der Waals surface area contributed by atoms with Gasteiger partial charge in [0, 0.05) is 28.9 Å². The zero-order chi connectivity index (χ0) is 17.3. The van der Waals surface area contributed by atoms with Gasteiger partial charge in [-0.25, -0.2) is 0 Å². The maximum atomic E-state index is 6.39. The minimum absolute atomic E-state index is 0.532. The Balaban J connectivity index is 2.24. The van der Waals surface area contributed by atoms with Crippen LogP contribution < -0.4 is 15.2 Å². The minimum atomic E-state index is 0.532. The van der Waals surface area contributed by atoms with Crippen molar-refractivity contribution in [2.24, 2.45) is 10.2 Å². The van der Waals surface area contributed by atoms with E-state index >= 15 is 0 Å². The van der Waals surface area contributed by atoms with Crippen LogP contribution >= 0.6 is 11.6 Å². The largest absolute Gasteiger partial charge is 0.493 e. The Hall–Kier alpha value is -2.53. The number of methoxy groups -OCH3 is 2. The number of rotatable bonds is 3. The average molecular weight is 344 g/mol. The molecule has 1 aliphatic rings. The maximum absolute atomic E-state index is 6.39. The third-order valence-corrected chi connectivity index (χ3v) is 4.19. The van der Waals surface area contributed by atoms with Crippen LogP contribution in [0.15, 0.2) is 40.5 Å². The lowest BCUT2D eigenvalue weighted by molar-refractivity contribution is 0.354. The SMILES string of the molecule is COc1cc2c(cc1OC)C(c1ccc(N)cc1Cl)=NN=C(C)C2. The second kappa shape index (κ2) is 6.53. The molecule has 0 atom stereocenters. The van der Waals surface area contributed by atoms with Crippen molar-refractivity contribution in [1.82, 2.24) is 0 Å². The van der Waals surface area contributed by atoms with Crippen LogP contribution in [0.4, 0.5) is 5.69 Å². The lowest BCUT2D eigenvalue weighted by Crippen LogP contribution is -2.09. The molecule has 0 fully saturated rings. The Morgan fingerprint density at radius 3 is 2.38 bits per heavy atom. The van der Waals surface area contributed by atoms with Gasteiger partial charge in [0.2, 0.25) is 0 Å². The summed E-state index contributed by atoms with van der Waals surface area (Å²) in [4.78, 5) is 0. The Morgan fingerprint density at radius 1 is 1.00 bits per heavy atom. The molecule has 2 aromatic carbocycles. The van der Waals surface area contributed by atoms with Gasteiger partial charge in [-0.05, 0) is 42.8 Å². The number of benzene rings is 2. The van der Waals surface area contributed by atoms with E-state index in [4.69, 9.17) is 26.8 Å². The number of anilines is 1. The first kappa shape index (κ1) is 16.3. The molecule has 2 N–H and O–H groups in total. The quantitative estimate of drug-likeness (QED) is 0.864. The predicted octanol–water partition coefficient (Wildman–Crippen LogP) is 3.71. The Bertz CT molecular complexity index is 860. The molecule has 6 heteroatoms. The number of ether oxygens (including phenoxy) is 2. The van der Waals surface area contributed by atoms with Crippen molar-refractivity contribution >= 4 is 28.7 Å². The molecule has 0 unspecified atom stereocenters. The summed E-state index contributed by atoms with van der Waals surface area (Å²) in [6.07, 6.45) is 0.676. The molecule has 1 aliphatic heterocycles. The van der Waals surface area contributed by atoms with E-state index in [9.17, 15) is 0 Å². The van der Waals surface area contributed by atoms with Crippen molar-refractivity contribution < 1.29 is 9.47 Å². The fourth-order valence-corrected chi connectivity index (χ4v) is 2.99. The molecule has 0 saturated heterocycles. The zero-order valence-corrected chi connectivity index (χ0v) is 14.5. The first-order valence-electron chi connectivity index (χ1n) is 7.45. The second-order valence-corrected chi connectivity index (χ2v) is 5.97. The normalized spacial score (nSPS) is 13.5. The average Bonchev–Trinajstić information content (AvgIpc) is 2.71. The van der Waals surface area contributed by atoms with Crippen molar-refractivity contribution in [1.29, 1.82) is 0 Å². The number of nitrogens with zero attached hydrogens (tertiary/aromatic N) is 2. The minimum Gasteiger partial charge on any atom is -0.493 e. The number of nitrogens with two attached hydrogens (primary N) is 1. The summed E-state index contributed by atoms with van der Waals surface area (Å²) in [5.41, 5.74) is 10.7. The fraction of sp³-hybridized carbons (Fsp3) is 0.222. The Labute approximate surface area is 145 Å². The highest BCUT2D eigenvalue weighted by molar-refractivity contribution is 6.36. The monoisotopic (exact) mass is 343 g/mol. The van der Waals surface area contributed by atoms with Crippen molar-refractivity contribution in [3.63, 3.8) is 0 Å². The summed E-state index contributed by atoms with van der Waals surface area (Å²) in [6, 6.07) is 9.23. The topological polar surface area (TPSA) is 69.2 Å². The van der Waals surface area contributed by atoms with E-state index in [0.29, 0.717) is 34.3 Å². The third kappa shape index (κ3) is 2.95. The first-order chi connectivity index (χ1) is 11.5. The molecule has 0 saturated carbocycles. The Morgan fingerprint density at radius 2 is 1.71 bits per heavy atom. The second-order valence-electron chi connectivity index (χ2n) is 5.56. The van der Waals surface area contributed by atoms with E-state index in [1.807, 2.05) is 25.1 Å². The lowest BCUT2D eigenvalue weighted by Gasteiger charge is -2.15. The third-order valence-electron chi connectivity index (χ3n) is 3.88. The van der Waals surface area contributed by atoms with Crippen LogP contribution in [0.3, 0.4) is 0 Å². The molecule has 0 aliphatic carbocycles. The molecule has 0 amide bonds. The van der Waals surface area contributed by atoms with Crippen LogP contribution in [0.2, 0.25) is 5.02 Å². The fourth-order valence-electron chi connectivity index (χ4n) is 2.71. The summed E-state index contributed by atoms with van der Waals surface area (Å²) in [6.45, 7) is 1.94. The summed E-state index contributed by atoms with van der Waals surface area (Å²) in [7, 11) is 3.23. The lowest BCUT2D eigenvalue weighted by atomic mass is 9.94. The van der Waals surface area contributed by atoms with Gasteiger partial charge in [0.15, 0.2) is 11.5 Å². The molecule has 1 heterocycles. The van der Waals surface area contributed by atoms with Crippen molar-refractivity contribution in [2.75, 3.05) is 20.0 Å². The molecule has 0 radical (unpaired) electrons. The van der Waals surface area contributed by atoms with Crippen LogP contribution in [0, 0.1) is 0 Å². The summed E-state index contributed by atoms with van der Waals surface area (Å²) in [5.74, 6) is 1.31. The van der Waals surface area contributed by atoms with Crippen LogP contribution in [-0.4, -0.2) is 25.6 Å². The summed E-state index contributed by atoms with van der Waals surface area (Å²) < 4.78 is 10.8. The van der Waals surface area contributed by atoms with Crippen LogP contribution in [0.1, 0.15) is 23.6 Å². The Kier molecular flexibility index (Phi) is 4.44. The van der Waals surface area contributed by atoms with Crippen LogP contribution in [0.25, 0.3) is 0 Å². The van der Waals surface area contributed by atoms with Gasteiger partial charge in [0.05, 0.1) is 19.2 Å². The van der Waals surface area contributed by atoms with Crippen molar-refractivity contribution in [3.05, 3.63) is 52.0 Å². The van der Waals surface area contributed by atoms with Crippen molar-refractivity contribution in [2.45, 2.75) is 13.3 Å². The molecule has 0 spiro atoms. The highest BCUT2D eigenvalue weighted by Gasteiger charge is 2.21. The molecule has 2 aromatic rings. The molecular weight excluding hydrogens is 326 g/mol. The van der Waals surface area contributed by atoms with Crippen molar-refractivity contribution in [3.8, 4) is 11.5 Å². The predicted molar refractivity (Wildman–Crippen MR) is 97.9 cm³/mol. The van der Waals surface area contributed by atoms with Gasteiger partial charge < -0.3 is 15.2 Å². The van der Waals surface area contributed by atoms with Gasteiger partial charge >= 0.3 is 0 Å². The number of nitrogen functional groups attached to an aromatic ring is 1. The van der Waals surface area contributed by atoms with E-state index in [2.05, 4.69) is 10.2 Å². The molecule has 124 valence electrons. The standard InChI is InChI=1S/C18H18ClN3O2/c1-10-6-11-7-16(23-2)17(24-3)9-14(11)18(22-21-10)13-5-4-12(20)8-15(13)19/h4-5,7-9H,6,20H2,1-3H3. The molecule has 0 aromatic heterocycles. The smallest absolute Gasteiger partial charge is 0.161 e. The van der Waals surface area contributed by atoms with Gasteiger partial charge in [-0.1, -0.05) is 11.6 Å². The molecule has 24 heavy (non-hydrogen) atoms. The molecular formula is C18H18ClN3O2. The highest BCUT2D eigenvalue weighted by atomic mass is 35.5. The van der Waals surface area contributed by atoms with E-state index in [1.165, 1.54) is 0 Å². The van der Waals surface area contributed by atoms with Gasteiger partial charge in [-0.15, -0.1) is 5.10 Å². The first-order valence-corrected chi connectivity index (χ1v) is 7.83. The number of hydrogen-bond donors (Lipinski definition) is 1. The zero-order valence-electron chi connectivity index (χ0n) is 13.8. The van der Waals surface area contributed by atoms with Gasteiger partial charge in [-0.3, -0.25) is 0 Å². The van der Waals surface area contributed by atoms with E-state index in [1.54, 1.807) is 26.4 Å². The molecule has 0 bridgehead atoms. The number of halogens is 1. The maximum Gasteiger partial charge on any atom is 0.161 e. The number of hydrogen-bond acceptors (Lipinski definition) is 5. The number of fused-ring (bicyclic) bond motifs is 1. The van der Waals surface area contributed by atoms with Crippen LogP contribution in [-0.2, 0) is 6.42 Å². The summed E-state index contributed by atoms with van der Waals surface area (Å²) in [5, 5.41) is 9.26. The van der Waals surface area contributed by atoms with Gasteiger partial charge in [-0.2, -0.15) is 5.10 Å². The molecule has 5 nitrogen and oxygen atoms in total. The van der Waals surface area contributed by atoms with E-state index in [-0.39, 0.29) is 0 Å². The summed E-state index contributed by atoms with van der Waals surface area (Å²) >= 11 is 6.39.